The minimum absolute atomic E-state index is 0.133. The molecule has 0 saturated heterocycles. The topological polar surface area (TPSA) is 52.7 Å². The summed E-state index contributed by atoms with van der Waals surface area (Å²) in [4.78, 5) is 19.2. The Labute approximate surface area is 78.6 Å². The van der Waals surface area contributed by atoms with Gasteiger partial charge in [0.1, 0.15) is 5.52 Å². The quantitative estimate of drug-likeness (QED) is 0.573. The molecule has 0 saturated carbocycles. The summed E-state index contributed by atoms with van der Waals surface area (Å²) in [7, 11) is 3.32. The smallest absolute Gasteiger partial charge is 0.292 e. The average Bonchev–Trinajstić information content (AvgIpc) is 2.32. The Balaban J connectivity index is 3.04. The molecule has 0 aliphatic carbocycles. The van der Waals surface area contributed by atoms with Gasteiger partial charge in [-0.2, -0.15) is 4.98 Å². The zero-order chi connectivity index (χ0) is 9.59. The molecular weight excluding hydrogens is 192 g/mol. The fourth-order valence-corrected chi connectivity index (χ4v) is 1.38. The van der Waals surface area contributed by atoms with Crippen molar-refractivity contribution >= 4 is 22.8 Å². The van der Waals surface area contributed by atoms with Crippen molar-refractivity contribution in [3.63, 3.8) is 0 Å². The third kappa shape index (κ3) is 1.04. The number of hydrogen-bond donors (Lipinski definition) is 0. The lowest BCUT2D eigenvalue weighted by atomic mass is 10.5. The monoisotopic (exact) mass is 198 g/mol. The summed E-state index contributed by atoms with van der Waals surface area (Å²) in [6, 6.07) is 0. The van der Waals surface area contributed by atoms with Gasteiger partial charge in [0.15, 0.2) is 5.65 Å². The molecule has 6 heteroatoms. The Kier molecular flexibility index (Phi) is 1.63. The number of aromatic nitrogens is 4. The van der Waals surface area contributed by atoms with Crippen LogP contribution in [0.15, 0.2) is 11.0 Å². The molecule has 5 nitrogen and oxygen atoms in total. The van der Waals surface area contributed by atoms with Gasteiger partial charge in [0.2, 0.25) is 5.28 Å². The maximum atomic E-state index is 11.4. The molecule has 0 aromatic carbocycles. The van der Waals surface area contributed by atoms with Crippen LogP contribution >= 0.6 is 11.6 Å². The van der Waals surface area contributed by atoms with Gasteiger partial charge < -0.3 is 0 Å². The molecule has 0 spiro atoms. The molecule has 0 atom stereocenters. The summed E-state index contributed by atoms with van der Waals surface area (Å²) in [5.74, 6) is 0. The minimum Gasteiger partial charge on any atom is -0.292 e. The van der Waals surface area contributed by atoms with Crippen molar-refractivity contribution in [3.05, 3.63) is 22.0 Å². The second-order valence-corrected chi connectivity index (χ2v) is 3.09. The predicted octanol–water partition coefficient (Wildman–Crippen LogP) is 0.320. The van der Waals surface area contributed by atoms with Gasteiger partial charge in [-0.1, -0.05) is 0 Å². The van der Waals surface area contributed by atoms with Gasteiger partial charge in [0.05, 0.1) is 6.20 Å². The van der Waals surface area contributed by atoms with Crippen molar-refractivity contribution in [2.75, 3.05) is 0 Å². The number of nitrogens with zero attached hydrogens (tertiary/aromatic N) is 4. The molecule has 2 aromatic rings. The van der Waals surface area contributed by atoms with Crippen molar-refractivity contribution in [3.8, 4) is 0 Å². The van der Waals surface area contributed by atoms with Crippen LogP contribution in [0, 0.1) is 0 Å². The van der Waals surface area contributed by atoms with Gasteiger partial charge in [-0.05, 0) is 11.6 Å². The van der Waals surface area contributed by atoms with Crippen molar-refractivity contribution in [2.24, 2.45) is 14.1 Å². The van der Waals surface area contributed by atoms with E-state index in [9.17, 15) is 4.79 Å². The van der Waals surface area contributed by atoms with Crippen LogP contribution in [-0.4, -0.2) is 19.1 Å². The Bertz CT molecular complexity index is 527. The molecule has 2 aromatic heterocycles. The number of halogens is 1. The number of fused-ring (bicyclic) bond motifs is 1. The van der Waals surface area contributed by atoms with Crippen molar-refractivity contribution < 1.29 is 0 Å². The lowest BCUT2D eigenvalue weighted by Gasteiger charge is -1.92. The molecule has 2 heterocycles. The Hall–Kier alpha value is -1.36. The third-order valence-electron chi connectivity index (χ3n) is 1.97. The van der Waals surface area contributed by atoms with Crippen LogP contribution in [-0.2, 0) is 14.1 Å². The van der Waals surface area contributed by atoms with Gasteiger partial charge >= 0.3 is 5.69 Å². The normalized spacial score (nSPS) is 11.0. The summed E-state index contributed by atoms with van der Waals surface area (Å²) < 4.78 is 2.91. The van der Waals surface area contributed by atoms with Gasteiger partial charge in [-0.25, -0.2) is 9.78 Å². The molecule has 13 heavy (non-hydrogen) atoms. The van der Waals surface area contributed by atoms with Crippen LogP contribution in [0.5, 0.6) is 0 Å². The molecule has 0 bridgehead atoms. The van der Waals surface area contributed by atoms with Crippen LogP contribution in [0.4, 0.5) is 0 Å². The van der Waals surface area contributed by atoms with Crippen molar-refractivity contribution in [1.82, 2.24) is 19.1 Å². The van der Waals surface area contributed by atoms with E-state index in [1.165, 1.54) is 15.3 Å². The molecule has 68 valence electrons. The number of aryl methyl sites for hydroxylation is 2. The lowest BCUT2D eigenvalue weighted by Crippen LogP contribution is -2.19. The molecule has 2 rings (SSSR count). The average molecular weight is 199 g/mol. The zero-order valence-corrected chi connectivity index (χ0v) is 7.91. The Morgan fingerprint density at radius 2 is 2.08 bits per heavy atom. The first kappa shape index (κ1) is 8.25. The fraction of sp³-hybridized carbons (Fsp3) is 0.286. The maximum absolute atomic E-state index is 11.4. The van der Waals surface area contributed by atoms with Crippen LogP contribution in [0.25, 0.3) is 11.2 Å². The predicted molar refractivity (Wildman–Crippen MR) is 48.8 cm³/mol. The highest BCUT2D eigenvalue weighted by atomic mass is 35.5. The highest BCUT2D eigenvalue weighted by molar-refractivity contribution is 6.28. The third-order valence-corrected chi connectivity index (χ3v) is 2.16. The second kappa shape index (κ2) is 2.56. The number of hydrogen-bond acceptors (Lipinski definition) is 3. The van der Waals surface area contributed by atoms with E-state index >= 15 is 0 Å². The summed E-state index contributed by atoms with van der Waals surface area (Å²) >= 11 is 5.61. The van der Waals surface area contributed by atoms with Gasteiger partial charge in [0.25, 0.3) is 0 Å². The maximum Gasteiger partial charge on any atom is 0.329 e. The summed E-state index contributed by atoms with van der Waals surface area (Å²) in [5, 5.41) is 0.147. The van der Waals surface area contributed by atoms with Gasteiger partial charge in [-0.3, -0.25) is 9.13 Å². The lowest BCUT2D eigenvalue weighted by molar-refractivity contribution is 0.791. The van der Waals surface area contributed by atoms with Crippen molar-refractivity contribution in [1.29, 1.82) is 0 Å². The zero-order valence-electron chi connectivity index (χ0n) is 7.15. The van der Waals surface area contributed by atoms with E-state index in [4.69, 9.17) is 11.6 Å². The largest absolute Gasteiger partial charge is 0.329 e. The van der Waals surface area contributed by atoms with E-state index in [2.05, 4.69) is 9.97 Å². The summed E-state index contributed by atoms with van der Waals surface area (Å²) in [5.41, 5.74) is 1.09. The van der Waals surface area contributed by atoms with E-state index in [-0.39, 0.29) is 11.0 Å². The number of rotatable bonds is 0. The SMILES string of the molecule is Cn1c(=O)n(C)c2nc(Cl)ncc21. The van der Waals surface area contributed by atoms with Crippen LogP contribution in [0.2, 0.25) is 5.28 Å². The summed E-state index contributed by atoms with van der Waals surface area (Å²) in [6.45, 7) is 0. The fourth-order valence-electron chi connectivity index (χ4n) is 1.25. The highest BCUT2D eigenvalue weighted by Gasteiger charge is 2.08. The molecule has 0 unspecified atom stereocenters. The second-order valence-electron chi connectivity index (χ2n) is 2.75. The standard InChI is InChI=1S/C7H7ClN4O/c1-11-4-3-9-6(8)10-5(4)12(2)7(11)13/h3H,1-2H3. The van der Waals surface area contributed by atoms with Gasteiger partial charge in [-0.15, -0.1) is 0 Å². The Morgan fingerprint density at radius 3 is 2.77 bits per heavy atom. The van der Waals surface area contributed by atoms with E-state index < -0.39 is 0 Å². The first-order valence-electron chi connectivity index (χ1n) is 3.65. The van der Waals surface area contributed by atoms with E-state index in [1.807, 2.05) is 0 Å². The van der Waals surface area contributed by atoms with E-state index in [0.717, 1.165) is 0 Å². The van der Waals surface area contributed by atoms with Gasteiger partial charge in [0, 0.05) is 14.1 Å². The van der Waals surface area contributed by atoms with E-state index in [1.54, 1.807) is 14.1 Å². The highest BCUT2D eigenvalue weighted by Crippen LogP contribution is 2.09. The van der Waals surface area contributed by atoms with Crippen LogP contribution < -0.4 is 5.69 Å². The Morgan fingerprint density at radius 1 is 1.38 bits per heavy atom. The van der Waals surface area contributed by atoms with E-state index in [0.29, 0.717) is 11.2 Å². The summed E-state index contributed by atoms with van der Waals surface area (Å²) in [6.07, 6.45) is 1.53. The number of imidazole rings is 1. The van der Waals surface area contributed by atoms with Crippen LogP contribution in [0.3, 0.4) is 0 Å². The molecule has 0 aliphatic rings. The molecule has 0 N–H and O–H groups in total. The minimum atomic E-state index is -0.133. The molecule has 0 radical (unpaired) electrons. The molecule has 0 amide bonds. The molecule has 0 fully saturated rings. The first-order chi connectivity index (χ1) is 6.11. The molecular formula is C7H7ClN4O. The first-order valence-corrected chi connectivity index (χ1v) is 4.03. The van der Waals surface area contributed by atoms with Crippen molar-refractivity contribution in [2.45, 2.75) is 0 Å². The van der Waals surface area contributed by atoms with Crippen LogP contribution in [0.1, 0.15) is 0 Å². The molecule has 0 aliphatic heterocycles.